The number of benzene rings is 2. The minimum Gasteiger partial charge on any atom is -0.467 e. The zero-order chi connectivity index (χ0) is 22.1. The molecule has 0 radical (unpaired) electrons. The first-order valence-corrected chi connectivity index (χ1v) is 12.3. The second kappa shape index (κ2) is 9.07. The van der Waals surface area contributed by atoms with E-state index < -0.39 is 0 Å². The Labute approximate surface area is 201 Å². The van der Waals surface area contributed by atoms with Crippen molar-refractivity contribution in [2.24, 2.45) is 0 Å². The molecule has 9 heteroatoms. The van der Waals surface area contributed by atoms with Crippen LogP contribution in [-0.4, -0.2) is 14.1 Å². The lowest BCUT2D eigenvalue weighted by Gasteiger charge is -2.13. The van der Waals surface area contributed by atoms with Gasteiger partial charge >= 0.3 is 0 Å². The third kappa shape index (κ3) is 4.19. The van der Waals surface area contributed by atoms with Gasteiger partial charge in [-0.3, -0.25) is 13.9 Å². The van der Waals surface area contributed by atoms with Gasteiger partial charge in [-0.25, -0.2) is 4.98 Å². The molecule has 3 aromatic heterocycles. The Bertz CT molecular complexity index is 1490. The van der Waals surface area contributed by atoms with E-state index in [4.69, 9.17) is 33.2 Å². The Morgan fingerprint density at radius 3 is 2.56 bits per heavy atom. The highest BCUT2D eigenvalue weighted by atomic mass is 35.5. The van der Waals surface area contributed by atoms with E-state index in [2.05, 4.69) is 0 Å². The van der Waals surface area contributed by atoms with Crippen molar-refractivity contribution in [3.8, 4) is 5.69 Å². The van der Waals surface area contributed by atoms with Gasteiger partial charge in [-0.1, -0.05) is 65.0 Å². The van der Waals surface area contributed by atoms with Crippen molar-refractivity contribution in [2.75, 3.05) is 0 Å². The van der Waals surface area contributed by atoms with Crippen LogP contribution in [0.25, 0.3) is 16.0 Å². The van der Waals surface area contributed by atoms with Crippen LogP contribution in [0.3, 0.4) is 0 Å². The number of halogens is 1. The van der Waals surface area contributed by atoms with Crippen molar-refractivity contribution < 1.29 is 4.42 Å². The summed E-state index contributed by atoms with van der Waals surface area (Å²) in [4.78, 5) is 18.5. The summed E-state index contributed by atoms with van der Waals surface area (Å²) in [6.07, 6.45) is 1.62. The Hall–Kier alpha value is -2.65. The van der Waals surface area contributed by atoms with Gasteiger partial charge in [-0.05, 0) is 54.2 Å². The Morgan fingerprint density at radius 2 is 1.84 bits per heavy atom. The maximum atomic E-state index is 13.6. The van der Waals surface area contributed by atoms with Crippen molar-refractivity contribution in [3.63, 3.8) is 0 Å². The topological polar surface area (TPSA) is 53.0 Å². The van der Waals surface area contributed by atoms with E-state index in [0.717, 1.165) is 17.0 Å². The summed E-state index contributed by atoms with van der Waals surface area (Å²) in [6, 6.07) is 20.9. The van der Waals surface area contributed by atoms with Crippen LogP contribution in [0.1, 0.15) is 11.3 Å². The molecule has 160 valence electrons. The first-order chi connectivity index (χ1) is 15.6. The fraction of sp³-hybridized carbons (Fsp3) is 0.0870. The second-order valence-electron chi connectivity index (χ2n) is 6.97. The van der Waals surface area contributed by atoms with E-state index >= 15 is 0 Å². The summed E-state index contributed by atoms with van der Waals surface area (Å²) in [5.41, 5.74) is 2.30. The molecule has 0 aliphatic heterocycles. The molecular formula is C23H16ClN3O2S3. The number of rotatable bonds is 6. The average molecular weight is 498 g/mol. The maximum absolute atomic E-state index is 13.6. The van der Waals surface area contributed by atoms with Crippen LogP contribution in [-0.2, 0) is 12.3 Å². The number of furan rings is 1. The van der Waals surface area contributed by atoms with E-state index in [0.29, 0.717) is 36.8 Å². The molecule has 0 atom stereocenters. The number of thiazole rings is 1. The molecule has 3 heterocycles. The summed E-state index contributed by atoms with van der Waals surface area (Å²) in [5, 5.41) is 1.29. The number of fused-ring (bicyclic) bond motifs is 1. The predicted molar refractivity (Wildman–Crippen MR) is 133 cm³/mol. The number of hydrogen-bond donors (Lipinski definition) is 0. The monoisotopic (exact) mass is 497 g/mol. The molecule has 5 rings (SSSR count). The maximum Gasteiger partial charge on any atom is 0.278 e. The van der Waals surface area contributed by atoms with Crippen LogP contribution in [0.15, 0.2) is 87.4 Å². The van der Waals surface area contributed by atoms with E-state index in [-0.39, 0.29) is 5.56 Å². The molecule has 0 aliphatic rings. The highest BCUT2D eigenvalue weighted by Crippen LogP contribution is 2.28. The molecule has 0 aliphatic carbocycles. The van der Waals surface area contributed by atoms with Gasteiger partial charge < -0.3 is 4.42 Å². The lowest BCUT2D eigenvalue weighted by molar-refractivity contribution is 0.495. The van der Waals surface area contributed by atoms with Gasteiger partial charge in [-0.2, -0.15) is 0 Å². The van der Waals surface area contributed by atoms with Gasteiger partial charge in [-0.15, -0.1) is 0 Å². The van der Waals surface area contributed by atoms with Gasteiger partial charge in [0, 0.05) is 10.8 Å². The van der Waals surface area contributed by atoms with Crippen LogP contribution in [0.5, 0.6) is 0 Å². The number of para-hydroxylation sites is 1. The van der Waals surface area contributed by atoms with Crippen LogP contribution >= 0.6 is 46.9 Å². The predicted octanol–water partition coefficient (Wildman–Crippen LogP) is 6.57. The summed E-state index contributed by atoms with van der Waals surface area (Å²) in [6.45, 7) is 0.426. The normalized spacial score (nSPS) is 11.3. The lowest BCUT2D eigenvalue weighted by Crippen LogP contribution is -2.21. The third-order valence-electron chi connectivity index (χ3n) is 4.85. The Kier molecular flexibility index (Phi) is 6.01. The number of hydrogen-bond acceptors (Lipinski definition) is 6. The summed E-state index contributed by atoms with van der Waals surface area (Å²) in [5.74, 6) is 1.40. The smallest absolute Gasteiger partial charge is 0.278 e. The quantitative estimate of drug-likeness (QED) is 0.151. The summed E-state index contributed by atoms with van der Waals surface area (Å²) in [7, 11) is 0. The van der Waals surface area contributed by atoms with E-state index in [1.165, 1.54) is 23.1 Å². The molecule has 0 N–H and O–H groups in total. The van der Waals surface area contributed by atoms with Crippen LogP contribution < -0.4 is 5.56 Å². The minimum atomic E-state index is -0.130. The molecule has 5 nitrogen and oxygen atoms in total. The molecule has 0 saturated heterocycles. The first-order valence-electron chi connectivity index (χ1n) is 9.71. The summed E-state index contributed by atoms with van der Waals surface area (Å²) >= 11 is 14.4. The summed E-state index contributed by atoms with van der Waals surface area (Å²) < 4.78 is 10.1. The SMILES string of the molecule is O=c1c2sc(=S)n(Cc3ccco3)c2nc(SCc2ccc(Cl)cc2)n1-c1ccccc1. The number of aromatic nitrogens is 3. The third-order valence-corrected chi connectivity index (χ3v) is 7.54. The Balaban J connectivity index is 1.65. The van der Waals surface area contributed by atoms with E-state index in [9.17, 15) is 4.79 Å². The van der Waals surface area contributed by atoms with Crippen molar-refractivity contribution in [2.45, 2.75) is 17.5 Å². The molecule has 0 unspecified atom stereocenters. The van der Waals surface area contributed by atoms with E-state index in [1.54, 1.807) is 10.8 Å². The molecular weight excluding hydrogens is 482 g/mol. The molecule has 0 saturated carbocycles. The van der Waals surface area contributed by atoms with Crippen molar-refractivity contribution >= 4 is 57.3 Å². The molecule has 32 heavy (non-hydrogen) atoms. The van der Waals surface area contributed by atoms with Crippen LogP contribution in [0.2, 0.25) is 5.02 Å². The number of nitrogens with zero attached hydrogens (tertiary/aromatic N) is 3. The van der Waals surface area contributed by atoms with Crippen LogP contribution in [0.4, 0.5) is 0 Å². The standard InChI is InChI=1S/C23H16ClN3O2S3/c24-16-10-8-15(9-11-16)14-31-22-25-20-19(21(28)27(22)17-5-2-1-3-6-17)32-23(30)26(20)13-18-7-4-12-29-18/h1-12H,13-14H2. The van der Waals surface area contributed by atoms with Gasteiger partial charge in [0.25, 0.3) is 5.56 Å². The Morgan fingerprint density at radius 1 is 1.06 bits per heavy atom. The molecule has 0 spiro atoms. The van der Waals surface area contributed by atoms with Crippen molar-refractivity contribution in [1.82, 2.24) is 14.1 Å². The first kappa shape index (κ1) is 21.2. The zero-order valence-corrected chi connectivity index (χ0v) is 19.8. The zero-order valence-electron chi connectivity index (χ0n) is 16.6. The second-order valence-corrected chi connectivity index (χ2v) is 9.99. The molecule has 0 fully saturated rings. The highest BCUT2D eigenvalue weighted by Gasteiger charge is 2.19. The van der Waals surface area contributed by atoms with Crippen molar-refractivity contribution in [1.29, 1.82) is 0 Å². The van der Waals surface area contributed by atoms with Gasteiger partial charge in [0.15, 0.2) is 14.8 Å². The van der Waals surface area contributed by atoms with Gasteiger partial charge in [0.05, 0.1) is 18.5 Å². The molecule has 2 aromatic carbocycles. The fourth-order valence-corrected chi connectivity index (χ4v) is 5.65. The van der Waals surface area contributed by atoms with Gasteiger partial charge in [0.1, 0.15) is 10.5 Å². The van der Waals surface area contributed by atoms with Crippen LogP contribution in [0, 0.1) is 3.95 Å². The minimum absolute atomic E-state index is 0.130. The van der Waals surface area contributed by atoms with E-state index in [1.807, 2.05) is 71.3 Å². The average Bonchev–Trinajstić information content (AvgIpc) is 3.43. The molecule has 0 amide bonds. The largest absolute Gasteiger partial charge is 0.467 e. The molecule has 5 aromatic rings. The van der Waals surface area contributed by atoms with Crippen molar-refractivity contribution in [3.05, 3.63) is 104 Å². The number of thioether (sulfide) groups is 1. The highest BCUT2D eigenvalue weighted by molar-refractivity contribution is 7.98. The molecule has 0 bridgehead atoms. The fourth-order valence-electron chi connectivity index (χ4n) is 3.30. The lowest BCUT2D eigenvalue weighted by atomic mass is 10.2. The van der Waals surface area contributed by atoms with Gasteiger partial charge in [0.2, 0.25) is 0 Å².